The Morgan fingerprint density at radius 3 is 1.90 bits per heavy atom. The molecule has 30 heavy (non-hydrogen) atoms. The number of nitrogens with one attached hydrogen (secondary N) is 3. The van der Waals surface area contributed by atoms with E-state index >= 15 is 0 Å². The summed E-state index contributed by atoms with van der Waals surface area (Å²) in [6, 6.07) is 18.2. The van der Waals surface area contributed by atoms with E-state index in [9.17, 15) is 9.59 Å². The van der Waals surface area contributed by atoms with Gasteiger partial charge >= 0.3 is 6.03 Å². The molecule has 7 nitrogen and oxygen atoms in total. The van der Waals surface area contributed by atoms with E-state index in [-0.39, 0.29) is 5.91 Å². The topological polar surface area (TPSA) is 88.7 Å². The van der Waals surface area contributed by atoms with E-state index in [1.54, 1.807) is 60.7 Å². The molecular weight excluding hydrogens is 406 g/mol. The number of hydrogen-bond donors (Lipinski definition) is 3. The number of benzene rings is 3. The second-order valence-electron chi connectivity index (χ2n) is 6.16. The Morgan fingerprint density at radius 2 is 1.33 bits per heavy atom. The van der Waals surface area contributed by atoms with Crippen LogP contribution in [0.3, 0.4) is 0 Å². The van der Waals surface area contributed by atoms with Crippen LogP contribution in [0, 0.1) is 0 Å². The number of rotatable bonds is 6. The molecule has 0 saturated heterocycles. The maximum absolute atomic E-state index is 12.5. The van der Waals surface area contributed by atoms with Crippen LogP contribution in [0.25, 0.3) is 0 Å². The third kappa shape index (κ3) is 5.21. The average molecular weight is 426 g/mol. The van der Waals surface area contributed by atoms with E-state index in [2.05, 4.69) is 16.0 Å². The smallest absolute Gasteiger partial charge is 0.323 e. The largest absolute Gasteiger partial charge is 0.494 e. The first-order valence-corrected chi connectivity index (χ1v) is 9.34. The van der Waals surface area contributed by atoms with Crippen molar-refractivity contribution in [2.45, 2.75) is 0 Å². The van der Waals surface area contributed by atoms with Crippen LogP contribution in [-0.4, -0.2) is 26.2 Å². The molecule has 3 rings (SSSR count). The number of halogens is 1. The van der Waals surface area contributed by atoms with Crippen molar-refractivity contribution in [3.63, 3.8) is 0 Å². The summed E-state index contributed by atoms with van der Waals surface area (Å²) in [6.07, 6.45) is 0. The number of carbonyl (C=O) groups is 2. The summed E-state index contributed by atoms with van der Waals surface area (Å²) in [4.78, 5) is 24.8. The highest BCUT2D eigenvalue weighted by molar-refractivity contribution is 6.30. The van der Waals surface area contributed by atoms with Crippen molar-refractivity contribution in [1.29, 1.82) is 0 Å². The van der Waals surface area contributed by atoms with Crippen molar-refractivity contribution in [3.05, 3.63) is 77.3 Å². The summed E-state index contributed by atoms with van der Waals surface area (Å²) in [6.45, 7) is 0. The van der Waals surface area contributed by atoms with Crippen LogP contribution < -0.4 is 25.4 Å². The maximum Gasteiger partial charge on any atom is 0.323 e. The molecule has 0 aliphatic carbocycles. The number of urea groups is 1. The quantitative estimate of drug-likeness (QED) is 0.503. The lowest BCUT2D eigenvalue weighted by Crippen LogP contribution is -2.20. The van der Waals surface area contributed by atoms with Crippen LogP contribution in [0.4, 0.5) is 21.9 Å². The van der Waals surface area contributed by atoms with Crippen LogP contribution in [0.2, 0.25) is 5.02 Å². The van der Waals surface area contributed by atoms with Gasteiger partial charge in [-0.2, -0.15) is 0 Å². The van der Waals surface area contributed by atoms with Gasteiger partial charge in [-0.25, -0.2) is 4.79 Å². The van der Waals surface area contributed by atoms with E-state index in [1.165, 1.54) is 14.2 Å². The molecule has 0 heterocycles. The molecule has 0 atom stereocenters. The highest BCUT2D eigenvalue weighted by Gasteiger charge is 2.16. The number of hydrogen-bond acceptors (Lipinski definition) is 4. The Morgan fingerprint density at radius 1 is 0.767 bits per heavy atom. The first-order chi connectivity index (χ1) is 14.5. The zero-order chi connectivity index (χ0) is 21.5. The first kappa shape index (κ1) is 21.0. The number of carbonyl (C=O) groups excluding carboxylic acids is 2. The third-order valence-corrected chi connectivity index (χ3v) is 4.41. The lowest BCUT2D eigenvalue weighted by atomic mass is 10.2. The SMILES string of the molecule is COc1cc(NC(=O)c2ccccc2)c(OC)cc1NC(=O)Nc1ccc(Cl)cc1. The molecule has 0 unspecified atom stereocenters. The van der Waals surface area contributed by atoms with E-state index in [0.717, 1.165) is 0 Å². The molecular formula is C22H20ClN3O4. The Hall–Kier alpha value is -3.71. The predicted molar refractivity (Wildman–Crippen MR) is 118 cm³/mol. The van der Waals surface area contributed by atoms with Gasteiger partial charge in [-0.3, -0.25) is 4.79 Å². The van der Waals surface area contributed by atoms with Gasteiger partial charge in [0.05, 0.1) is 25.6 Å². The van der Waals surface area contributed by atoms with Gasteiger partial charge in [0.1, 0.15) is 11.5 Å². The molecule has 0 saturated carbocycles. The van der Waals surface area contributed by atoms with E-state index in [0.29, 0.717) is 39.1 Å². The Bertz CT molecular complexity index is 1040. The van der Waals surface area contributed by atoms with Gasteiger partial charge < -0.3 is 25.4 Å². The lowest BCUT2D eigenvalue weighted by molar-refractivity contribution is 0.102. The molecule has 0 bridgehead atoms. The minimum Gasteiger partial charge on any atom is -0.494 e. The average Bonchev–Trinajstić information content (AvgIpc) is 2.76. The minimum absolute atomic E-state index is 0.294. The van der Waals surface area contributed by atoms with Crippen LogP contribution >= 0.6 is 11.6 Å². The summed E-state index contributed by atoms with van der Waals surface area (Å²) in [5.74, 6) is 0.421. The maximum atomic E-state index is 12.5. The molecule has 0 spiro atoms. The Balaban J connectivity index is 1.79. The fourth-order valence-electron chi connectivity index (χ4n) is 2.69. The summed E-state index contributed by atoms with van der Waals surface area (Å²) < 4.78 is 10.8. The fourth-order valence-corrected chi connectivity index (χ4v) is 2.82. The minimum atomic E-state index is -0.473. The molecule has 0 fully saturated rings. The molecule has 3 N–H and O–H groups in total. The first-order valence-electron chi connectivity index (χ1n) is 8.96. The van der Waals surface area contributed by atoms with Crippen molar-refractivity contribution in [1.82, 2.24) is 0 Å². The van der Waals surface area contributed by atoms with Crippen LogP contribution in [0.5, 0.6) is 11.5 Å². The number of amides is 3. The third-order valence-electron chi connectivity index (χ3n) is 4.16. The number of anilines is 3. The van der Waals surface area contributed by atoms with Crippen LogP contribution in [-0.2, 0) is 0 Å². The van der Waals surface area contributed by atoms with Gasteiger partial charge in [0.25, 0.3) is 5.91 Å². The Kier molecular flexibility index (Phi) is 6.77. The monoisotopic (exact) mass is 425 g/mol. The van der Waals surface area contributed by atoms with Gasteiger partial charge in [-0.15, -0.1) is 0 Å². The zero-order valence-corrected chi connectivity index (χ0v) is 17.1. The van der Waals surface area contributed by atoms with Crippen LogP contribution in [0.1, 0.15) is 10.4 Å². The van der Waals surface area contributed by atoms with E-state index in [4.69, 9.17) is 21.1 Å². The second kappa shape index (κ2) is 9.67. The lowest BCUT2D eigenvalue weighted by Gasteiger charge is -2.16. The molecule has 3 aromatic rings. The van der Waals surface area contributed by atoms with Crippen molar-refractivity contribution in [2.75, 3.05) is 30.2 Å². The van der Waals surface area contributed by atoms with Gasteiger partial charge in [-0.05, 0) is 36.4 Å². The Labute approximate surface area is 179 Å². The van der Waals surface area contributed by atoms with Gasteiger partial charge in [0.15, 0.2) is 0 Å². The van der Waals surface area contributed by atoms with Gasteiger partial charge in [-0.1, -0.05) is 29.8 Å². The molecule has 0 aliphatic rings. The van der Waals surface area contributed by atoms with E-state index < -0.39 is 6.03 Å². The molecule has 3 aromatic carbocycles. The molecule has 3 amide bonds. The molecule has 8 heteroatoms. The highest BCUT2D eigenvalue weighted by atomic mass is 35.5. The van der Waals surface area contributed by atoms with Crippen LogP contribution in [0.15, 0.2) is 66.7 Å². The molecule has 0 aromatic heterocycles. The van der Waals surface area contributed by atoms with Crippen molar-refractivity contribution >= 4 is 40.6 Å². The fraction of sp³-hybridized carbons (Fsp3) is 0.0909. The normalized spacial score (nSPS) is 10.1. The predicted octanol–water partition coefficient (Wildman–Crippen LogP) is 5.25. The summed E-state index contributed by atoms with van der Waals surface area (Å²) in [7, 11) is 2.93. The zero-order valence-electron chi connectivity index (χ0n) is 16.4. The summed E-state index contributed by atoms with van der Waals surface area (Å²) in [5.41, 5.74) is 1.86. The standard InChI is InChI=1S/C22H20ClN3O4/c1-29-19-13-18(26-22(28)24-16-10-8-15(23)9-11-16)20(30-2)12-17(19)25-21(27)14-6-4-3-5-7-14/h3-13H,1-2H3,(H,25,27)(H2,24,26,28). The summed E-state index contributed by atoms with van der Waals surface area (Å²) >= 11 is 5.85. The molecule has 0 radical (unpaired) electrons. The van der Waals surface area contributed by atoms with Crippen molar-refractivity contribution < 1.29 is 19.1 Å². The van der Waals surface area contributed by atoms with Gasteiger partial charge in [0, 0.05) is 28.4 Å². The molecule has 0 aliphatic heterocycles. The van der Waals surface area contributed by atoms with Crippen molar-refractivity contribution in [3.8, 4) is 11.5 Å². The molecule has 154 valence electrons. The summed E-state index contributed by atoms with van der Waals surface area (Å²) in [5, 5.41) is 8.77. The number of methoxy groups -OCH3 is 2. The highest BCUT2D eigenvalue weighted by Crippen LogP contribution is 2.36. The number of ether oxygens (including phenoxy) is 2. The van der Waals surface area contributed by atoms with Crippen molar-refractivity contribution in [2.24, 2.45) is 0 Å². The second-order valence-corrected chi connectivity index (χ2v) is 6.60. The van der Waals surface area contributed by atoms with Gasteiger partial charge in [0.2, 0.25) is 0 Å². The van der Waals surface area contributed by atoms with E-state index in [1.807, 2.05) is 6.07 Å².